The second kappa shape index (κ2) is 2.38. The number of hydrogen-bond acceptors (Lipinski definition) is 0. The molecule has 0 spiro atoms. The highest BCUT2D eigenvalue weighted by atomic mass is 79.9. The number of alkyl halides is 1. The molecule has 0 amide bonds. The Labute approximate surface area is 59.8 Å². The van der Waals surface area contributed by atoms with Gasteiger partial charge in [-0.2, -0.15) is 0 Å². The van der Waals surface area contributed by atoms with Crippen molar-refractivity contribution in [3.63, 3.8) is 0 Å². The summed E-state index contributed by atoms with van der Waals surface area (Å²) in [6.45, 7) is 4.55. The van der Waals surface area contributed by atoms with Crippen LogP contribution < -0.4 is 0 Å². The van der Waals surface area contributed by atoms with Gasteiger partial charge >= 0.3 is 0 Å². The minimum absolute atomic E-state index is 0.794. The van der Waals surface area contributed by atoms with E-state index in [4.69, 9.17) is 0 Å². The molecule has 1 aliphatic rings. The van der Waals surface area contributed by atoms with E-state index in [2.05, 4.69) is 29.8 Å². The molecule has 1 heteroatoms. The molecule has 1 fully saturated rings. The minimum atomic E-state index is 0.794. The molecule has 0 aromatic heterocycles. The second-order valence-electron chi connectivity index (χ2n) is 3.03. The van der Waals surface area contributed by atoms with Crippen LogP contribution in [0.4, 0.5) is 0 Å². The first-order valence-corrected chi connectivity index (χ1v) is 4.27. The van der Waals surface area contributed by atoms with Gasteiger partial charge in [0.05, 0.1) is 0 Å². The van der Waals surface area contributed by atoms with Crippen LogP contribution in [0.25, 0.3) is 0 Å². The van der Waals surface area contributed by atoms with Crippen molar-refractivity contribution < 1.29 is 0 Å². The molecule has 0 aromatic rings. The topological polar surface area (TPSA) is 0 Å². The highest BCUT2D eigenvalue weighted by molar-refractivity contribution is 9.09. The summed E-state index contributed by atoms with van der Waals surface area (Å²) in [7, 11) is 0. The molecule has 1 aliphatic carbocycles. The Kier molecular flexibility index (Phi) is 1.97. The molecular weight excluding hydrogens is 164 g/mol. The molecular formula is C7H13Br. The molecule has 8 heavy (non-hydrogen) atoms. The average molecular weight is 177 g/mol. The van der Waals surface area contributed by atoms with Crippen molar-refractivity contribution in [3.05, 3.63) is 0 Å². The summed E-state index contributed by atoms with van der Waals surface area (Å²) in [4.78, 5) is 0.794. The zero-order valence-corrected chi connectivity index (χ0v) is 7.11. The summed E-state index contributed by atoms with van der Waals surface area (Å²) in [5.41, 5.74) is 0. The monoisotopic (exact) mass is 176 g/mol. The highest BCUT2D eigenvalue weighted by Gasteiger charge is 2.30. The van der Waals surface area contributed by atoms with E-state index in [1.807, 2.05) is 0 Å². The third kappa shape index (κ3) is 1.48. The zero-order chi connectivity index (χ0) is 6.15. The standard InChI is InChI=1S/C7H13Br/c1-5(2)7(8)6-3-4-6/h5-7H,3-4H2,1-2H3. The molecule has 0 radical (unpaired) electrons. The molecule has 1 saturated carbocycles. The molecule has 1 atom stereocenters. The van der Waals surface area contributed by atoms with Gasteiger partial charge in [0.25, 0.3) is 0 Å². The van der Waals surface area contributed by atoms with E-state index < -0.39 is 0 Å². The van der Waals surface area contributed by atoms with Gasteiger partial charge in [-0.05, 0) is 24.7 Å². The lowest BCUT2D eigenvalue weighted by molar-refractivity contribution is 0.568. The van der Waals surface area contributed by atoms with Gasteiger partial charge in [-0.1, -0.05) is 29.8 Å². The largest absolute Gasteiger partial charge is 0.0885 e. The first-order valence-electron chi connectivity index (χ1n) is 3.36. The lowest BCUT2D eigenvalue weighted by Crippen LogP contribution is -2.08. The van der Waals surface area contributed by atoms with E-state index in [0.717, 1.165) is 16.7 Å². The summed E-state index contributed by atoms with van der Waals surface area (Å²) < 4.78 is 0. The van der Waals surface area contributed by atoms with Crippen molar-refractivity contribution >= 4 is 15.9 Å². The third-order valence-corrected chi connectivity index (χ3v) is 3.51. The molecule has 0 bridgehead atoms. The maximum Gasteiger partial charge on any atom is 0.0197 e. The molecule has 48 valence electrons. The van der Waals surface area contributed by atoms with Crippen LogP contribution in [0.15, 0.2) is 0 Å². The molecule has 1 rings (SSSR count). The van der Waals surface area contributed by atoms with E-state index >= 15 is 0 Å². The highest BCUT2D eigenvalue weighted by Crippen LogP contribution is 2.39. The SMILES string of the molecule is CC(C)C(Br)C1CC1. The fraction of sp³-hybridized carbons (Fsp3) is 1.00. The molecule has 0 aliphatic heterocycles. The summed E-state index contributed by atoms with van der Waals surface area (Å²) in [5.74, 6) is 1.83. The smallest absolute Gasteiger partial charge is 0.0197 e. The molecule has 0 heterocycles. The first-order chi connectivity index (χ1) is 3.72. The predicted molar refractivity (Wildman–Crippen MR) is 40.3 cm³/mol. The summed E-state index contributed by atoms with van der Waals surface area (Å²) >= 11 is 3.67. The fourth-order valence-electron chi connectivity index (χ4n) is 0.959. The number of halogens is 1. The van der Waals surface area contributed by atoms with Gasteiger partial charge in [0.15, 0.2) is 0 Å². The summed E-state index contributed by atoms with van der Waals surface area (Å²) in [6, 6.07) is 0. The normalized spacial score (nSPS) is 24.0. The number of rotatable bonds is 2. The second-order valence-corrected chi connectivity index (χ2v) is 4.08. The van der Waals surface area contributed by atoms with Gasteiger partial charge in [-0.15, -0.1) is 0 Å². The Balaban J connectivity index is 2.22. The van der Waals surface area contributed by atoms with E-state index in [1.165, 1.54) is 12.8 Å². The van der Waals surface area contributed by atoms with Crippen LogP contribution >= 0.6 is 15.9 Å². The van der Waals surface area contributed by atoms with Gasteiger partial charge < -0.3 is 0 Å². The third-order valence-electron chi connectivity index (χ3n) is 1.71. The fourth-order valence-corrected chi connectivity index (χ4v) is 1.49. The summed E-state index contributed by atoms with van der Waals surface area (Å²) in [5, 5.41) is 0. The van der Waals surface area contributed by atoms with Crippen LogP contribution in [0.3, 0.4) is 0 Å². The van der Waals surface area contributed by atoms with Crippen LogP contribution in [-0.2, 0) is 0 Å². The van der Waals surface area contributed by atoms with Gasteiger partial charge in [-0.25, -0.2) is 0 Å². The maximum absolute atomic E-state index is 3.67. The van der Waals surface area contributed by atoms with Crippen LogP contribution in [-0.4, -0.2) is 4.83 Å². The molecule has 1 unspecified atom stereocenters. The summed E-state index contributed by atoms with van der Waals surface area (Å²) in [6.07, 6.45) is 2.90. The number of hydrogen-bond donors (Lipinski definition) is 0. The van der Waals surface area contributed by atoms with Crippen molar-refractivity contribution in [2.75, 3.05) is 0 Å². The Morgan fingerprint density at radius 1 is 1.38 bits per heavy atom. The van der Waals surface area contributed by atoms with E-state index in [-0.39, 0.29) is 0 Å². The quantitative estimate of drug-likeness (QED) is 0.569. The molecule has 0 saturated heterocycles. The van der Waals surface area contributed by atoms with Gasteiger partial charge in [0, 0.05) is 4.83 Å². The minimum Gasteiger partial charge on any atom is -0.0885 e. The van der Waals surface area contributed by atoms with E-state index in [0.29, 0.717) is 0 Å². The maximum atomic E-state index is 3.67. The lowest BCUT2D eigenvalue weighted by atomic mass is 10.1. The van der Waals surface area contributed by atoms with Crippen LogP contribution in [0.5, 0.6) is 0 Å². The van der Waals surface area contributed by atoms with Crippen molar-refractivity contribution in [2.45, 2.75) is 31.5 Å². The van der Waals surface area contributed by atoms with E-state index in [1.54, 1.807) is 0 Å². The van der Waals surface area contributed by atoms with Crippen molar-refractivity contribution in [2.24, 2.45) is 11.8 Å². The van der Waals surface area contributed by atoms with Crippen molar-refractivity contribution in [3.8, 4) is 0 Å². The lowest BCUT2D eigenvalue weighted by Gasteiger charge is -2.10. The van der Waals surface area contributed by atoms with Gasteiger partial charge in [0.1, 0.15) is 0 Å². The van der Waals surface area contributed by atoms with Gasteiger partial charge in [-0.3, -0.25) is 0 Å². The Bertz CT molecular complexity index is 72.5. The Morgan fingerprint density at radius 2 is 1.88 bits per heavy atom. The van der Waals surface area contributed by atoms with Gasteiger partial charge in [0.2, 0.25) is 0 Å². The van der Waals surface area contributed by atoms with Crippen LogP contribution in [0.2, 0.25) is 0 Å². The van der Waals surface area contributed by atoms with E-state index in [9.17, 15) is 0 Å². The zero-order valence-electron chi connectivity index (χ0n) is 5.52. The van der Waals surface area contributed by atoms with Crippen molar-refractivity contribution in [1.82, 2.24) is 0 Å². The Morgan fingerprint density at radius 3 is 2.00 bits per heavy atom. The Hall–Kier alpha value is 0.480. The van der Waals surface area contributed by atoms with Crippen LogP contribution in [0, 0.1) is 11.8 Å². The predicted octanol–water partition coefficient (Wildman–Crippen LogP) is 2.82. The molecule has 0 aromatic carbocycles. The average Bonchev–Trinajstić information content (AvgIpc) is 2.43. The first kappa shape index (κ1) is 6.60. The molecule has 0 N–H and O–H groups in total. The van der Waals surface area contributed by atoms with Crippen molar-refractivity contribution in [1.29, 1.82) is 0 Å². The molecule has 0 nitrogen and oxygen atoms in total. The van der Waals surface area contributed by atoms with Crippen LogP contribution in [0.1, 0.15) is 26.7 Å².